The number of benzene rings is 2. The first-order valence-corrected chi connectivity index (χ1v) is 11.1. The maximum absolute atomic E-state index is 13.0. The minimum Gasteiger partial charge on any atom is -0.546 e. The van der Waals surface area contributed by atoms with E-state index >= 15 is 0 Å². The SMILES string of the molecule is CCCN1C(=O)/C(=C/c2cc(Br)ccc2OCC(=O)[O-])SC1=Nc1ccc(OC)cc1. The van der Waals surface area contributed by atoms with Gasteiger partial charge in [-0.15, -0.1) is 0 Å². The average Bonchev–Trinajstić information content (AvgIpc) is 3.03. The van der Waals surface area contributed by atoms with Crippen molar-refractivity contribution < 1.29 is 24.2 Å². The molecule has 0 bridgehead atoms. The first-order valence-electron chi connectivity index (χ1n) is 9.47. The molecule has 0 unspecified atom stereocenters. The predicted octanol–water partition coefficient (Wildman–Crippen LogP) is 3.60. The molecule has 1 heterocycles. The molecular formula is C22H20BrN2O5S-. The molecule has 1 aliphatic heterocycles. The van der Waals surface area contributed by atoms with E-state index < -0.39 is 12.6 Å². The van der Waals surface area contributed by atoms with Crippen LogP contribution in [0.4, 0.5) is 5.69 Å². The number of nitrogens with zero attached hydrogens (tertiary/aromatic N) is 2. The number of amides is 1. The highest BCUT2D eigenvalue weighted by atomic mass is 79.9. The number of methoxy groups -OCH3 is 1. The van der Waals surface area contributed by atoms with Crippen LogP contribution in [0.15, 0.2) is 56.8 Å². The molecular weight excluding hydrogens is 484 g/mol. The fourth-order valence-corrected chi connectivity index (χ4v) is 4.22. The molecule has 1 saturated heterocycles. The third kappa shape index (κ3) is 5.89. The zero-order chi connectivity index (χ0) is 22.4. The molecule has 7 nitrogen and oxygen atoms in total. The van der Waals surface area contributed by atoms with Crippen LogP contribution in [0, 0.1) is 0 Å². The fraction of sp³-hybridized carbons (Fsp3) is 0.227. The highest BCUT2D eigenvalue weighted by molar-refractivity contribution is 9.10. The van der Waals surface area contributed by atoms with Crippen LogP contribution >= 0.6 is 27.7 Å². The van der Waals surface area contributed by atoms with Crippen LogP contribution in [0.3, 0.4) is 0 Å². The number of aliphatic imine (C=N–C) groups is 1. The molecule has 1 aliphatic rings. The van der Waals surface area contributed by atoms with Gasteiger partial charge in [0.05, 0.1) is 23.7 Å². The van der Waals surface area contributed by atoms with Crippen molar-refractivity contribution in [2.75, 3.05) is 20.3 Å². The minimum atomic E-state index is -1.32. The Morgan fingerprint density at radius 1 is 1.26 bits per heavy atom. The summed E-state index contributed by atoms with van der Waals surface area (Å²) in [6.45, 7) is 1.95. The maximum atomic E-state index is 13.0. The largest absolute Gasteiger partial charge is 0.546 e. The van der Waals surface area contributed by atoms with Gasteiger partial charge in [0.25, 0.3) is 5.91 Å². The van der Waals surface area contributed by atoms with Crippen LogP contribution in [-0.4, -0.2) is 42.2 Å². The molecule has 0 aliphatic carbocycles. The van der Waals surface area contributed by atoms with E-state index in [0.29, 0.717) is 33.6 Å². The lowest BCUT2D eigenvalue weighted by atomic mass is 10.2. The summed E-state index contributed by atoms with van der Waals surface area (Å²) in [4.78, 5) is 30.6. The van der Waals surface area contributed by atoms with E-state index in [1.165, 1.54) is 11.8 Å². The van der Waals surface area contributed by atoms with Gasteiger partial charge in [-0.25, -0.2) is 4.99 Å². The van der Waals surface area contributed by atoms with Crippen molar-refractivity contribution in [1.82, 2.24) is 4.90 Å². The summed E-state index contributed by atoms with van der Waals surface area (Å²) < 4.78 is 11.3. The standard InChI is InChI=1S/C22H21BrN2O5S/c1-3-10-25-21(28)19(31-22(25)24-16-5-7-17(29-2)8-6-16)12-14-11-15(23)4-9-18(14)30-13-20(26)27/h4-9,11-12H,3,10,13H2,1-2H3,(H,26,27)/p-1/b19-12-,24-22?. The number of ether oxygens (including phenoxy) is 2. The molecule has 0 aromatic heterocycles. The zero-order valence-corrected chi connectivity index (χ0v) is 19.4. The second-order valence-electron chi connectivity index (χ2n) is 6.50. The molecule has 162 valence electrons. The van der Waals surface area contributed by atoms with Gasteiger partial charge in [0.15, 0.2) is 5.17 Å². The lowest BCUT2D eigenvalue weighted by Gasteiger charge is -2.14. The van der Waals surface area contributed by atoms with Crippen LogP contribution in [-0.2, 0) is 9.59 Å². The van der Waals surface area contributed by atoms with Crippen molar-refractivity contribution in [1.29, 1.82) is 0 Å². The highest BCUT2D eigenvalue weighted by Crippen LogP contribution is 2.36. The summed E-state index contributed by atoms with van der Waals surface area (Å²) in [5, 5.41) is 11.3. The Labute approximate surface area is 192 Å². The molecule has 31 heavy (non-hydrogen) atoms. The number of aliphatic carboxylic acids is 1. The molecule has 1 fully saturated rings. The fourth-order valence-electron chi connectivity index (χ4n) is 2.82. The number of amidine groups is 1. The van der Waals surface area contributed by atoms with Crippen LogP contribution in [0.5, 0.6) is 11.5 Å². The van der Waals surface area contributed by atoms with Gasteiger partial charge in [0, 0.05) is 16.6 Å². The summed E-state index contributed by atoms with van der Waals surface area (Å²) in [7, 11) is 1.60. The van der Waals surface area contributed by atoms with Gasteiger partial charge in [-0.2, -0.15) is 0 Å². The van der Waals surface area contributed by atoms with E-state index in [1.54, 1.807) is 36.3 Å². The number of hydrogen-bond acceptors (Lipinski definition) is 7. The van der Waals surface area contributed by atoms with Crippen molar-refractivity contribution in [3.63, 3.8) is 0 Å². The van der Waals surface area contributed by atoms with Crippen molar-refractivity contribution in [2.24, 2.45) is 4.99 Å². The normalized spacial score (nSPS) is 16.2. The van der Waals surface area contributed by atoms with Gasteiger partial charge in [-0.3, -0.25) is 9.69 Å². The lowest BCUT2D eigenvalue weighted by molar-refractivity contribution is -0.307. The third-order valence-electron chi connectivity index (χ3n) is 4.24. The minimum absolute atomic E-state index is 0.162. The molecule has 0 saturated carbocycles. The van der Waals surface area contributed by atoms with Crippen molar-refractivity contribution in [3.05, 3.63) is 57.4 Å². The molecule has 3 rings (SSSR count). The molecule has 0 atom stereocenters. The predicted molar refractivity (Wildman–Crippen MR) is 122 cm³/mol. The number of rotatable bonds is 8. The molecule has 0 spiro atoms. The second-order valence-corrected chi connectivity index (χ2v) is 8.43. The third-order valence-corrected chi connectivity index (χ3v) is 5.74. The number of carboxylic acid groups (broad SMARTS) is 1. The Balaban J connectivity index is 1.94. The van der Waals surface area contributed by atoms with Crippen LogP contribution in [0.25, 0.3) is 6.08 Å². The van der Waals surface area contributed by atoms with E-state index in [0.717, 1.165) is 16.6 Å². The lowest BCUT2D eigenvalue weighted by Crippen LogP contribution is -2.29. The Bertz CT molecular complexity index is 1040. The van der Waals surface area contributed by atoms with E-state index in [9.17, 15) is 14.7 Å². The smallest absolute Gasteiger partial charge is 0.266 e. The second kappa shape index (κ2) is 10.5. The first-order chi connectivity index (χ1) is 14.9. The molecule has 9 heteroatoms. The monoisotopic (exact) mass is 503 g/mol. The van der Waals surface area contributed by atoms with Crippen molar-refractivity contribution in [3.8, 4) is 11.5 Å². The van der Waals surface area contributed by atoms with Crippen LogP contribution in [0.2, 0.25) is 0 Å². The first kappa shape index (κ1) is 22.9. The molecule has 2 aromatic carbocycles. The molecule has 1 amide bonds. The number of carboxylic acids is 1. The van der Waals surface area contributed by atoms with Gasteiger partial charge in [0.2, 0.25) is 0 Å². The molecule has 0 radical (unpaired) electrons. The van der Waals surface area contributed by atoms with Crippen LogP contribution < -0.4 is 14.6 Å². The van der Waals surface area contributed by atoms with Crippen molar-refractivity contribution in [2.45, 2.75) is 13.3 Å². The Kier molecular flexibility index (Phi) is 7.75. The summed E-state index contributed by atoms with van der Waals surface area (Å²) >= 11 is 4.66. The van der Waals surface area contributed by atoms with Gasteiger partial charge in [-0.1, -0.05) is 22.9 Å². The van der Waals surface area contributed by atoms with E-state index in [1.807, 2.05) is 31.2 Å². The number of halogens is 1. The number of thioether (sulfide) groups is 1. The summed E-state index contributed by atoms with van der Waals surface area (Å²) in [5.74, 6) is -0.416. The Morgan fingerprint density at radius 3 is 2.65 bits per heavy atom. The molecule has 2 aromatic rings. The van der Waals surface area contributed by atoms with E-state index in [-0.39, 0.29) is 5.91 Å². The van der Waals surface area contributed by atoms with E-state index in [4.69, 9.17) is 9.47 Å². The quantitative estimate of drug-likeness (QED) is 0.511. The zero-order valence-electron chi connectivity index (χ0n) is 17.0. The van der Waals surface area contributed by atoms with Gasteiger partial charge in [-0.05, 0) is 66.7 Å². The highest BCUT2D eigenvalue weighted by Gasteiger charge is 2.33. The summed E-state index contributed by atoms with van der Waals surface area (Å²) in [6.07, 6.45) is 2.46. The molecule has 0 N–H and O–H groups in total. The summed E-state index contributed by atoms with van der Waals surface area (Å²) in [5.41, 5.74) is 1.28. The Hall–Kier alpha value is -2.78. The van der Waals surface area contributed by atoms with Gasteiger partial charge < -0.3 is 19.4 Å². The number of hydrogen-bond donors (Lipinski definition) is 0. The van der Waals surface area contributed by atoms with Crippen molar-refractivity contribution >= 4 is 56.5 Å². The van der Waals surface area contributed by atoms with Crippen LogP contribution in [0.1, 0.15) is 18.9 Å². The van der Waals surface area contributed by atoms with Gasteiger partial charge >= 0.3 is 0 Å². The maximum Gasteiger partial charge on any atom is 0.266 e. The Morgan fingerprint density at radius 2 is 2.00 bits per heavy atom. The van der Waals surface area contributed by atoms with Gasteiger partial charge in [0.1, 0.15) is 18.1 Å². The number of carbonyl (C=O) groups is 2. The topological polar surface area (TPSA) is 91.3 Å². The number of carbonyl (C=O) groups excluding carboxylic acids is 2. The average molecular weight is 504 g/mol. The summed E-state index contributed by atoms with van der Waals surface area (Å²) in [6, 6.07) is 12.4. The van der Waals surface area contributed by atoms with E-state index in [2.05, 4.69) is 20.9 Å².